The van der Waals surface area contributed by atoms with Crippen molar-refractivity contribution in [1.29, 1.82) is 0 Å². The lowest BCUT2D eigenvalue weighted by Crippen LogP contribution is -2.31. The Morgan fingerprint density at radius 3 is 2.35 bits per heavy atom. The van der Waals surface area contributed by atoms with E-state index < -0.39 is 42.7 Å². The van der Waals surface area contributed by atoms with Crippen LogP contribution in [0.3, 0.4) is 0 Å². The first-order valence-electron chi connectivity index (χ1n) is 7.20. The molecule has 6 nitrogen and oxygen atoms in total. The number of ether oxygens (including phenoxy) is 1. The van der Waals surface area contributed by atoms with Gasteiger partial charge in [-0.1, -0.05) is 6.07 Å². The molecule has 1 aromatic carbocycles. The predicted octanol–water partition coefficient (Wildman–Crippen LogP) is 2.68. The number of alkyl halides is 3. The zero-order valence-corrected chi connectivity index (χ0v) is 13.9. The van der Waals surface area contributed by atoms with Crippen LogP contribution in [0.25, 0.3) is 0 Å². The van der Waals surface area contributed by atoms with E-state index in [0.29, 0.717) is 4.88 Å². The first-order chi connectivity index (χ1) is 12.3. The molecular weight excluding hydrogens is 373 g/mol. The van der Waals surface area contributed by atoms with Crippen LogP contribution in [-0.2, 0) is 20.5 Å². The van der Waals surface area contributed by atoms with E-state index in [-0.39, 0.29) is 5.69 Å². The van der Waals surface area contributed by atoms with E-state index in [9.17, 15) is 27.6 Å². The van der Waals surface area contributed by atoms with Gasteiger partial charge in [-0.05, 0) is 35.7 Å². The highest BCUT2D eigenvalue weighted by Gasteiger charge is 2.30. The number of nitrogens with one attached hydrogen (secondary N) is 2. The van der Waals surface area contributed by atoms with E-state index in [2.05, 4.69) is 15.4 Å². The van der Waals surface area contributed by atoms with Gasteiger partial charge in [0.1, 0.15) is 6.54 Å². The molecule has 0 unspecified atom stereocenters. The Bertz CT molecular complexity index is 774. The minimum atomic E-state index is -4.47. The van der Waals surface area contributed by atoms with Gasteiger partial charge >= 0.3 is 12.1 Å². The summed E-state index contributed by atoms with van der Waals surface area (Å²) in [6.07, 6.45) is -4.47. The average molecular weight is 386 g/mol. The number of hydrogen-bond acceptors (Lipinski definition) is 5. The van der Waals surface area contributed by atoms with Crippen molar-refractivity contribution in [3.63, 3.8) is 0 Å². The van der Waals surface area contributed by atoms with Crippen LogP contribution in [0.5, 0.6) is 0 Å². The third-order valence-corrected chi connectivity index (χ3v) is 3.87. The van der Waals surface area contributed by atoms with Gasteiger partial charge in [-0.2, -0.15) is 13.2 Å². The summed E-state index contributed by atoms with van der Waals surface area (Å²) in [6, 6.07) is 7.09. The minimum absolute atomic E-state index is 0.130. The van der Waals surface area contributed by atoms with Crippen molar-refractivity contribution in [2.24, 2.45) is 0 Å². The molecule has 2 N–H and O–H groups in total. The summed E-state index contributed by atoms with van der Waals surface area (Å²) in [4.78, 5) is 35.2. The third kappa shape index (κ3) is 5.88. The molecule has 1 heterocycles. The van der Waals surface area contributed by atoms with Crippen LogP contribution in [0.2, 0.25) is 0 Å². The maximum Gasteiger partial charge on any atom is 0.416 e. The molecule has 2 amide bonds. The summed E-state index contributed by atoms with van der Waals surface area (Å²) in [5.74, 6) is -1.98. The third-order valence-electron chi connectivity index (χ3n) is 3.00. The van der Waals surface area contributed by atoms with Gasteiger partial charge in [-0.25, -0.2) is 0 Å². The molecule has 2 aromatic rings. The standard InChI is InChI=1S/C16H13F3N2O4S/c17-16(18,19)10-3-5-11(6-4-10)21-13(22)9-25-14(23)8-20-15(24)12-2-1-7-26-12/h1-7H,8-9H2,(H,20,24)(H,21,22). The highest BCUT2D eigenvalue weighted by Crippen LogP contribution is 2.29. The van der Waals surface area contributed by atoms with Gasteiger partial charge < -0.3 is 15.4 Å². The highest BCUT2D eigenvalue weighted by atomic mass is 32.1. The van der Waals surface area contributed by atoms with E-state index in [4.69, 9.17) is 0 Å². The number of benzene rings is 1. The number of esters is 1. The number of carbonyl (C=O) groups is 3. The minimum Gasteiger partial charge on any atom is -0.454 e. The van der Waals surface area contributed by atoms with Crippen molar-refractivity contribution in [1.82, 2.24) is 5.32 Å². The van der Waals surface area contributed by atoms with Crippen LogP contribution in [0.4, 0.5) is 18.9 Å². The topological polar surface area (TPSA) is 84.5 Å². The fourth-order valence-corrected chi connectivity index (χ4v) is 2.42. The van der Waals surface area contributed by atoms with Gasteiger partial charge in [0.15, 0.2) is 6.61 Å². The number of halogens is 3. The molecule has 1 aromatic heterocycles. The van der Waals surface area contributed by atoms with E-state index >= 15 is 0 Å². The summed E-state index contributed by atoms with van der Waals surface area (Å²) in [6.45, 7) is -1.04. The molecule has 0 bridgehead atoms. The van der Waals surface area contributed by atoms with Gasteiger partial charge in [-0.3, -0.25) is 14.4 Å². The number of amides is 2. The molecule has 0 saturated carbocycles. The largest absolute Gasteiger partial charge is 0.454 e. The Kier molecular flexibility index (Phi) is 6.34. The molecule has 10 heteroatoms. The molecule has 26 heavy (non-hydrogen) atoms. The van der Waals surface area contributed by atoms with Crippen molar-refractivity contribution in [3.8, 4) is 0 Å². The maximum atomic E-state index is 12.4. The molecule has 0 saturated heterocycles. The summed E-state index contributed by atoms with van der Waals surface area (Å²) < 4.78 is 42.0. The lowest BCUT2D eigenvalue weighted by Gasteiger charge is -2.09. The summed E-state index contributed by atoms with van der Waals surface area (Å²) in [5, 5.41) is 6.34. The van der Waals surface area contributed by atoms with Gasteiger partial charge in [0.25, 0.3) is 11.8 Å². The fraction of sp³-hybridized carbons (Fsp3) is 0.188. The quantitative estimate of drug-likeness (QED) is 0.748. The monoisotopic (exact) mass is 386 g/mol. The molecule has 0 fully saturated rings. The summed E-state index contributed by atoms with van der Waals surface area (Å²) in [7, 11) is 0. The summed E-state index contributed by atoms with van der Waals surface area (Å²) in [5.41, 5.74) is -0.714. The van der Waals surface area contributed by atoms with E-state index in [1.54, 1.807) is 17.5 Å². The second-order valence-electron chi connectivity index (χ2n) is 4.94. The second-order valence-corrected chi connectivity index (χ2v) is 5.89. The lowest BCUT2D eigenvalue weighted by atomic mass is 10.2. The van der Waals surface area contributed by atoms with Crippen molar-refractivity contribution in [2.75, 3.05) is 18.5 Å². The molecule has 0 radical (unpaired) electrons. The van der Waals surface area contributed by atoms with Crippen LogP contribution in [0, 0.1) is 0 Å². The Hall–Kier alpha value is -2.88. The highest BCUT2D eigenvalue weighted by molar-refractivity contribution is 7.12. The second kappa shape index (κ2) is 8.48. The number of carbonyl (C=O) groups excluding carboxylic acids is 3. The first kappa shape index (κ1) is 19.4. The Morgan fingerprint density at radius 2 is 1.77 bits per heavy atom. The van der Waals surface area contributed by atoms with Crippen LogP contribution in [-0.4, -0.2) is 30.9 Å². The maximum absolute atomic E-state index is 12.4. The molecule has 2 rings (SSSR count). The van der Waals surface area contributed by atoms with Crippen LogP contribution in [0.1, 0.15) is 15.2 Å². The molecule has 0 aliphatic carbocycles. The predicted molar refractivity (Wildman–Crippen MR) is 87.7 cm³/mol. The Balaban J connectivity index is 1.72. The van der Waals surface area contributed by atoms with Crippen molar-refractivity contribution < 1.29 is 32.3 Å². The number of anilines is 1. The molecule has 0 atom stereocenters. The van der Waals surface area contributed by atoms with Gasteiger partial charge in [0.2, 0.25) is 0 Å². The van der Waals surface area contributed by atoms with Crippen LogP contribution < -0.4 is 10.6 Å². The fourth-order valence-electron chi connectivity index (χ4n) is 1.78. The SMILES string of the molecule is O=C(COC(=O)CNC(=O)c1cccs1)Nc1ccc(C(F)(F)F)cc1. The zero-order valence-electron chi connectivity index (χ0n) is 13.1. The normalized spacial score (nSPS) is 10.9. The summed E-state index contributed by atoms with van der Waals surface area (Å²) >= 11 is 1.21. The Labute approximate surface area is 150 Å². The van der Waals surface area contributed by atoms with Gasteiger partial charge in [-0.15, -0.1) is 11.3 Å². The van der Waals surface area contributed by atoms with E-state index in [1.807, 2.05) is 0 Å². The van der Waals surface area contributed by atoms with Crippen molar-refractivity contribution in [2.45, 2.75) is 6.18 Å². The lowest BCUT2D eigenvalue weighted by molar-refractivity contribution is -0.146. The molecule has 0 aliphatic heterocycles. The van der Waals surface area contributed by atoms with Crippen LogP contribution >= 0.6 is 11.3 Å². The zero-order chi connectivity index (χ0) is 19.2. The first-order valence-corrected chi connectivity index (χ1v) is 8.08. The Morgan fingerprint density at radius 1 is 1.08 bits per heavy atom. The molecule has 0 spiro atoms. The van der Waals surface area contributed by atoms with Crippen LogP contribution in [0.15, 0.2) is 41.8 Å². The number of hydrogen-bond donors (Lipinski definition) is 2. The molecule has 0 aliphatic rings. The van der Waals surface area contributed by atoms with E-state index in [0.717, 1.165) is 24.3 Å². The van der Waals surface area contributed by atoms with E-state index in [1.165, 1.54) is 11.3 Å². The molecule has 138 valence electrons. The van der Waals surface area contributed by atoms with Crippen molar-refractivity contribution >= 4 is 34.8 Å². The molecular formula is C16H13F3N2O4S. The van der Waals surface area contributed by atoms with Gasteiger partial charge in [0, 0.05) is 5.69 Å². The number of rotatable bonds is 6. The van der Waals surface area contributed by atoms with Crippen molar-refractivity contribution in [3.05, 3.63) is 52.2 Å². The average Bonchev–Trinajstić information content (AvgIpc) is 3.12. The number of thiophene rings is 1. The van der Waals surface area contributed by atoms with Gasteiger partial charge in [0.05, 0.1) is 10.4 Å². The smallest absolute Gasteiger partial charge is 0.416 e.